The van der Waals surface area contributed by atoms with Gasteiger partial charge in [0.15, 0.2) is 0 Å². The lowest BCUT2D eigenvalue weighted by molar-refractivity contribution is 0.0398. The molecule has 0 heterocycles. The number of benzene rings is 2. The Bertz CT molecular complexity index is 558. The first-order valence-electron chi connectivity index (χ1n) is 7.59. The maximum Gasteiger partial charge on any atom is 0.0899 e. The van der Waals surface area contributed by atoms with Gasteiger partial charge in [-0.3, -0.25) is 0 Å². The van der Waals surface area contributed by atoms with Crippen molar-refractivity contribution in [3.63, 3.8) is 0 Å². The van der Waals surface area contributed by atoms with Crippen LogP contribution in [0.1, 0.15) is 38.2 Å². The molecule has 0 saturated heterocycles. The molecule has 1 nitrogen and oxygen atoms in total. The van der Waals surface area contributed by atoms with E-state index in [0.717, 1.165) is 24.8 Å². The quantitative estimate of drug-likeness (QED) is 0.850. The molecule has 1 N–H and O–H groups in total. The van der Waals surface area contributed by atoms with Crippen LogP contribution in [-0.2, 0) is 5.60 Å². The fourth-order valence-electron chi connectivity index (χ4n) is 3.34. The SMILES string of the molecule is CCC1CCC(O)(c2ccc(-c3ccccc3)cc2)C1. The van der Waals surface area contributed by atoms with Gasteiger partial charge in [-0.05, 0) is 41.9 Å². The zero-order chi connectivity index (χ0) is 14.0. The standard InChI is InChI=1S/C19H22O/c1-2-15-12-13-19(20,14-15)18-10-8-17(9-11-18)16-6-4-3-5-7-16/h3-11,15,20H,2,12-14H2,1H3. The van der Waals surface area contributed by atoms with Crippen LogP contribution in [0, 0.1) is 5.92 Å². The first kappa shape index (κ1) is 13.4. The van der Waals surface area contributed by atoms with Crippen molar-refractivity contribution in [2.45, 2.75) is 38.2 Å². The molecule has 0 radical (unpaired) electrons. The lowest BCUT2D eigenvalue weighted by atomic mass is 9.89. The molecule has 104 valence electrons. The van der Waals surface area contributed by atoms with E-state index in [9.17, 15) is 5.11 Å². The van der Waals surface area contributed by atoms with E-state index < -0.39 is 5.60 Å². The molecule has 20 heavy (non-hydrogen) atoms. The predicted octanol–water partition coefficient (Wildman–Crippen LogP) is 4.75. The Balaban J connectivity index is 1.83. The van der Waals surface area contributed by atoms with Crippen LogP contribution in [0.25, 0.3) is 11.1 Å². The van der Waals surface area contributed by atoms with Gasteiger partial charge in [-0.15, -0.1) is 0 Å². The van der Waals surface area contributed by atoms with Gasteiger partial charge >= 0.3 is 0 Å². The molecule has 1 aliphatic rings. The van der Waals surface area contributed by atoms with Crippen LogP contribution in [0.2, 0.25) is 0 Å². The van der Waals surface area contributed by atoms with Crippen molar-refractivity contribution in [1.29, 1.82) is 0 Å². The summed E-state index contributed by atoms with van der Waals surface area (Å²) in [6.45, 7) is 2.22. The van der Waals surface area contributed by atoms with Crippen LogP contribution in [0.4, 0.5) is 0 Å². The molecular formula is C19H22O. The summed E-state index contributed by atoms with van der Waals surface area (Å²) in [6, 6.07) is 18.8. The van der Waals surface area contributed by atoms with Crippen molar-refractivity contribution >= 4 is 0 Å². The highest BCUT2D eigenvalue weighted by molar-refractivity contribution is 5.63. The molecule has 1 heteroatoms. The fraction of sp³-hybridized carbons (Fsp3) is 0.368. The smallest absolute Gasteiger partial charge is 0.0899 e. The van der Waals surface area contributed by atoms with Crippen LogP contribution in [-0.4, -0.2) is 5.11 Å². The molecular weight excluding hydrogens is 244 g/mol. The van der Waals surface area contributed by atoms with Gasteiger partial charge in [0.05, 0.1) is 5.60 Å². The van der Waals surface area contributed by atoms with Gasteiger partial charge in [0.25, 0.3) is 0 Å². The number of hydrogen-bond acceptors (Lipinski definition) is 1. The summed E-state index contributed by atoms with van der Waals surface area (Å²) in [5.74, 6) is 0.675. The van der Waals surface area contributed by atoms with Gasteiger partial charge in [0.1, 0.15) is 0 Å². The van der Waals surface area contributed by atoms with E-state index in [2.05, 4.69) is 55.5 Å². The third-order valence-corrected chi connectivity index (χ3v) is 4.70. The Hall–Kier alpha value is -1.60. The molecule has 2 atom stereocenters. The Kier molecular flexibility index (Phi) is 3.62. The minimum Gasteiger partial charge on any atom is -0.385 e. The molecule has 2 unspecified atom stereocenters. The van der Waals surface area contributed by atoms with Crippen molar-refractivity contribution in [2.75, 3.05) is 0 Å². The van der Waals surface area contributed by atoms with Crippen LogP contribution in [0.5, 0.6) is 0 Å². The zero-order valence-electron chi connectivity index (χ0n) is 12.0. The van der Waals surface area contributed by atoms with E-state index in [1.54, 1.807) is 0 Å². The number of aliphatic hydroxyl groups is 1. The van der Waals surface area contributed by atoms with Gasteiger partial charge in [-0.2, -0.15) is 0 Å². The molecule has 0 aliphatic heterocycles. The molecule has 2 aromatic rings. The van der Waals surface area contributed by atoms with Crippen molar-refractivity contribution in [1.82, 2.24) is 0 Å². The predicted molar refractivity (Wildman–Crippen MR) is 83.4 cm³/mol. The van der Waals surface area contributed by atoms with Crippen molar-refractivity contribution in [3.8, 4) is 11.1 Å². The van der Waals surface area contributed by atoms with Gasteiger partial charge < -0.3 is 5.11 Å². The molecule has 0 spiro atoms. The van der Waals surface area contributed by atoms with E-state index in [-0.39, 0.29) is 0 Å². The second-order valence-corrected chi connectivity index (χ2v) is 5.99. The molecule has 2 aromatic carbocycles. The maximum atomic E-state index is 10.8. The first-order valence-corrected chi connectivity index (χ1v) is 7.59. The summed E-state index contributed by atoms with van der Waals surface area (Å²) in [5, 5.41) is 10.8. The van der Waals surface area contributed by atoms with Crippen molar-refractivity contribution in [3.05, 3.63) is 60.2 Å². The van der Waals surface area contributed by atoms with E-state index >= 15 is 0 Å². The Morgan fingerprint density at radius 2 is 1.65 bits per heavy atom. The van der Waals surface area contributed by atoms with Crippen LogP contribution >= 0.6 is 0 Å². The van der Waals surface area contributed by atoms with Gasteiger partial charge in [0, 0.05) is 0 Å². The zero-order valence-corrected chi connectivity index (χ0v) is 12.0. The molecule has 1 saturated carbocycles. The average molecular weight is 266 g/mol. The molecule has 1 fully saturated rings. The maximum absolute atomic E-state index is 10.8. The molecule has 0 bridgehead atoms. The van der Waals surface area contributed by atoms with E-state index in [4.69, 9.17) is 0 Å². The molecule has 0 amide bonds. The summed E-state index contributed by atoms with van der Waals surface area (Å²) in [5.41, 5.74) is 2.91. The fourth-order valence-corrected chi connectivity index (χ4v) is 3.34. The highest BCUT2D eigenvalue weighted by atomic mass is 16.3. The Morgan fingerprint density at radius 1 is 1.00 bits per heavy atom. The van der Waals surface area contributed by atoms with Crippen LogP contribution in [0.3, 0.4) is 0 Å². The monoisotopic (exact) mass is 266 g/mol. The Labute approximate surface area is 121 Å². The summed E-state index contributed by atoms with van der Waals surface area (Å²) >= 11 is 0. The average Bonchev–Trinajstić information content (AvgIpc) is 2.91. The summed E-state index contributed by atoms with van der Waals surface area (Å²) in [6.07, 6.45) is 4.13. The first-order chi connectivity index (χ1) is 9.71. The minimum absolute atomic E-state index is 0.601. The van der Waals surface area contributed by atoms with Crippen LogP contribution in [0.15, 0.2) is 54.6 Å². The largest absolute Gasteiger partial charge is 0.385 e. The molecule has 0 aromatic heterocycles. The molecule has 1 aliphatic carbocycles. The van der Waals surface area contributed by atoms with Crippen LogP contribution < -0.4 is 0 Å². The lowest BCUT2D eigenvalue weighted by Gasteiger charge is -2.23. The Morgan fingerprint density at radius 3 is 2.25 bits per heavy atom. The highest BCUT2D eigenvalue weighted by Gasteiger charge is 2.37. The number of rotatable bonds is 3. The van der Waals surface area contributed by atoms with E-state index in [1.807, 2.05) is 6.07 Å². The van der Waals surface area contributed by atoms with Crippen molar-refractivity contribution < 1.29 is 5.11 Å². The van der Waals surface area contributed by atoms with Gasteiger partial charge in [0.2, 0.25) is 0 Å². The third-order valence-electron chi connectivity index (χ3n) is 4.70. The minimum atomic E-state index is -0.601. The summed E-state index contributed by atoms with van der Waals surface area (Å²) in [4.78, 5) is 0. The summed E-state index contributed by atoms with van der Waals surface area (Å²) in [7, 11) is 0. The van der Waals surface area contributed by atoms with Crippen molar-refractivity contribution in [2.24, 2.45) is 5.92 Å². The lowest BCUT2D eigenvalue weighted by Crippen LogP contribution is -2.21. The third kappa shape index (κ3) is 2.51. The van der Waals surface area contributed by atoms with E-state index in [1.165, 1.54) is 17.5 Å². The second kappa shape index (κ2) is 5.41. The second-order valence-electron chi connectivity index (χ2n) is 5.99. The normalized spacial score (nSPS) is 25.8. The molecule has 3 rings (SSSR count). The number of hydrogen-bond donors (Lipinski definition) is 1. The van der Waals surface area contributed by atoms with Gasteiger partial charge in [-0.1, -0.05) is 67.9 Å². The van der Waals surface area contributed by atoms with E-state index in [0.29, 0.717) is 5.92 Å². The topological polar surface area (TPSA) is 20.2 Å². The highest BCUT2D eigenvalue weighted by Crippen LogP contribution is 2.43. The van der Waals surface area contributed by atoms with Gasteiger partial charge in [-0.25, -0.2) is 0 Å². The summed E-state index contributed by atoms with van der Waals surface area (Å²) < 4.78 is 0.